The summed E-state index contributed by atoms with van der Waals surface area (Å²) in [7, 11) is 0. The van der Waals surface area contributed by atoms with Gasteiger partial charge in [0.25, 0.3) is 5.91 Å². The summed E-state index contributed by atoms with van der Waals surface area (Å²) in [6.07, 6.45) is -3.18. The van der Waals surface area contributed by atoms with Crippen molar-refractivity contribution in [1.29, 1.82) is 0 Å². The Hall–Kier alpha value is -1.61. The second kappa shape index (κ2) is 6.03. The van der Waals surface area contributed by atoms with Gasteiger partial charge in [-0.3, -0.25) is 4.79 Å². The highest BCUT2D eigenvalue weighted by Crippen LogP contribution is 2.34. The summed E-state index contributed by atoms with van der Waals surface area (Å²) in [6, 6.07) is 0. The molecule has 0 spiro atoms. The molecule has 1 unspecified atom stereocenters. The predicted octanol–water partition coefficient (Wildman–Crippen LogP) is 1.77. The van der Waals surface area contributed by atoms with Gasteiger partial charge in [0.05, 0.1) is 6.54 Å². The highest BCUT2D eigenvalue weighted by molar-refractivity contribution is 5.85. The van der Waals surface area contributed by atoms with E-state index in [0.717, 1.165) is 17.7 Å². The molecule has 2 aliphatic rings. The van der Waals surface area contributed by atoms with Crippen molar-refractivity contribution in [2.75, 3.05) is 19.8 Å². The van der Waals surface area contributed by atoms with Crippen LogP contribution in [0.5, 0.6) is 0 Å². The minimum absolute atomic E-state index is 0.0560. The van der Waals surface area contributed by atoms with E-state index in [1.54, 1.807) is 0 Å². The van der Waals surface area contributed by atoms with Crippen LogP contribution < -0.4 is 0 Å². The maximum Gasteiger partial charge on any atom is 0.426 e. The molecule has 1 aromatic heterocycles. The molecule has 1 fully saturated rings. The van der Waals surface area contributed by atoms with Crippen LogP contribution in [0.1, 0.15) is 43.0 Å². The molecule has 0 radical (unpaired) electrons. The largest absolute Gasteiger partial charge is 0.445 e. The van der Waals surface area contributed by atoms with Crippen LogP contribution in [0, 0.1) is 0 Å². The first-order chi connectivity index (χ1) is 11.2. The van der Waals surface area contributed by atoms with Crippen molar-refractivity contribution in [3.8, 4) is 0 Å². The van der Waals surface area contributed by atoms with E-state index < -0.39 is 17.7 Å². The summed E-state index contributed by atoms with van der Waals surface area (Å²) in [4.78, 5) is 17.4. The van der Waals surface area contributed by atoms with E-state index in [0.29, 0.717) is 37.5 Å². The van der Waals surface area contributed by atoms with Crippen LogP contribution in [-0.4, -0.2) is 52.4 Å². The Morgan fingerprint density at radius 2 is 2.00 bits per heavy atom. The van der Waals surface area contributed by atoms with Crippen LogP contribution >= 0.6 is 0 Å². The molecule has 9 heteroatoms. The molecule has 0 bridgehead atoms. The number of ether oxygens (including phenoxy) is 1. The third-order valence-corrected chi connectivity index (χ3v) is 4.57. The van der Waals surface area contributed by atoms with Crippen LogP contribution in [0.3, 0.4) is 0 Å². The zero-order valence-electron chi connectivity index (χ0n) is 13.2. The average molecular weight is 348 g/mol. The summed E-state index contributed by atoms with van der Waals surface area (Å²) in [5.74, 6) is -0.0737. The number of oxazole rings is 1. The lowest BCUT2D eigenvalue weighted by Gasteiger charge is -2.33. The van der Waals surface area contributed by atoms with Gasteiger partial charge in [-0.15, -0.1) is 0 Å². The molecule has 1 atom stereocenters. The van der Waals surface area contributed by atoms with E-state index in [9.17, 15) is 23.1 Å². The second-order valence-corrected chi connectivity index (χ2v) is 6.36. The molecule has 3 heterocycles. The van der Waals surface area contributed by atoms with Crippen molar-refractivity contribution >= 4 is 5.91 Å². The van der Waals surface area contributed by atoms with Gasteiger partial charge in [-0.25, -0.2) is 4.98 Å². The smallest absolute Gasteiger partial charge is 0.426 e. The fourth-order valence-electron chi connectivity index (χ4n) is 2.94. The predicted molar refractivity (Wildman–Crippen MR) is 75.1 cm³/mol. The van der Waals surface area contributed by atoms with E-state index >= 15 is 0 Å². The number of aliphatic hydroxyl groups is 1. The Kier molecular flexibility index (Phi) is 4.33. The molecule has 3 rings (SSSR count). The Balaban J connectivity index is 1.75. The number of fused-ring (bicyclic) bond motifs is 1. The van der Waals surface area contributed by atoms with Crippen molar-refractivity contribution in [2.45, 2.75) is 50.4 Å². The van der Waals surface area contributed by atoms with Gasteiger partial charge in [-0.2, -0.15) is 13.2 Å². The number of carbonyl (C=O) groups excluding carboxylic acids is 1. The monoisotopic (exact) mass is 348 g/mol. The van der Waals surface area contributed by atoms with E-state index in [2.05, 4.69) is 4.98 Å². The quantitative estimate of drug-likeness (QED) is 0.882. The van der Waals surface area contributed by atoms with Gasteiger partial charge in [0.15, 0.2) is 5.89 Å². The van der Waals surface area contributed by atoms with E-state index in [1.807, 2.05) is 0 Å². The summed E-state index contributed by atoms with van der Waals surface area (Å²) in [5, 5.41) is 9.55. The van der Waals surface area contributed by atoms with E-state index in [-0.39, 0.29) is 25.4 Å². The molecule has 0 aliphatic carbocycles. The van der Waals surface area contributed by atoms with Crippen molar-refractivity contribution < 1.29 is 32.2 Å². The van der Waals surface area contributed by atoms with Crippen LogP contribution in [-0.2, 0) is 22.5 Å². The van der Waals surface area contributed by atoms with Crippen LogP contribution in [0.15, 0.2) is 4.42 Å². The van der Waals surface area contributed by atoms with Gasteiger partial charge < -0.3 is 19.2 Å². The molecule has 0 aromatic carbocycles. The van der Waals surface area contributed by atoms with Crippen molar-refractivity contribution in [3.05, 3.63) is 17.3 Å². The van der Waals surface area contributed by atoms with Gasteiger partial charge in [0, 0.05) is 32.1 Å². The summed E-state index contributed by atoms with van der Waals surface area (Å²) >= 11 is 0. The number of halogens is 3. The number of nitrogens with zero attached hydrogens (tertiary/aromatic N) is 2. The van der Waals surface area contributed by atoms with Gasteiger partial charge >= 0.3 is 6.18 Å². The van der Waals surface area contributed by atoms with Crippen LogP contribution in [0.25, 0.3) is 0 Å². The molecule has 1 N–H and O–H groups in total. The molecule has 0 saturated carbocycles. The lowest BCUT2D eigenvalue weighted by molar-refractivity contribution is -0.250. The molecule has 24 heavy (non-hydrogen) atoms. The second-order valence-electron chi connectivity index (χ2n) is 6.36. The van der Waals surface area contributed by atoms with Gasteiger partial charge in [-0.1, -0.05) is 0 Å². The van der Waals surface area contributed by atoms with E-state index in [4.69, 9.17) is 9.15 Å². The third kappa shape index (κ3) is 3.02. The maximum absolute atomic E-state index is 12.8. The first kappa shape index (κ1) is 17.2. The van der Waals surface area contributed by atoms with Crippen LogP contribution in [0.4, 0.5) is 13.2 Å². The molecule has 6 nitrogen and oxygen atoms in total. The number of rotatable bonds is 2. The molecule has 1 saturated heterocycles. The minimum atomic E-state index is -5.03. The number of aromatic nitrogens is 1. The van der Waals surface area contributed by atoms with Crippen LogP contribution in [0.2, 0.25) is 0 Å². The highest BCUT2D eigenvalue weighted by atomic mass is 19.4. The Labute approximate surface area is 136 Å². The molecular formula is C15H19F3N2O4. The topological polar surface area (TPSA) is 75.8 Å². The number of carbonyl (C=O) groups is 1. The molecule has 134 valence electrons. The first-order valence-electron chi connectivity index (χ1n) is 7.85. The normalized spacial score (nSPS) is 22.1. The Morgan fingerprint density at radius 1 is 1.33 bits per heavy atom. The molecule has 1 aromatic rings. The standard InChI is InChI=1S/C15H19F3N2O4/c1-14(22,15(16,17)18)13(21)20-5-2-11-10(8-20)19-12(24-11)9-3-6-23-7-4-9/h9,22H,2-8H2,1H3. The summed E-state index contributed by atoms with van der Waals surface area (Å²) in [6.45, 7) is 1.68. The lowest BCUT2D eigenvalue weighted by atomic mass is 10.0. The molecular weight excluding hydrogens is 329 g/mol. The van der Waals surface area contributed by atoms with Crippen molar-refractivity contribution in [3.63, 3.8) is 0 Å². The SMILES string of the molecule is CC(O)(C(=O)N1CCc2oc(C3CCOCC3)nc2C1)C(F)(F)F. The number of hydrogen-bond acceptors (Lipinski definition) is 5. The summed E-state index contributed by atoms with van der Waals surface area (Å²) < 4.78 is 49.5. The van der Waals surface area contributed by atoms with E-state index in [1.165, 1.54) is 0 Å². The fourth-order valence-corrected chi connectivity index (χ4v) is 2.94. The Bertz CT molecular complexity index is 621. The third-order valence-electron chi connectivity index (χ3n) is 4.57. The lowest BCUT2D eigenvalue weighted by Crippen LogP contribution is -2.56. The van der Waals surface area contributed by atoms with Gasteiger partial charge in [0.2, 0.25) is 5.60 Å². The average Bonchev–Trinajstić information content (AvgIpc) is 2.97. The zero-order valence-corrected chi connectivity index (χ0v) is 13.2. The number of amides is 1. The van der Waals surface area contributed by atoms with Crippen molar-refractivity contribution in [1.82, 2.24) is 9.88 Å². The number of hydrogen-bond donors (Lipinski definition) is 1. The minimum Gasteiger partial charge on any atom is -0.445 e. The Morgan fingerprint density at radius 3 is 2.62 bits per heavy atom. The molecule has 2 aliphatic heterocycles. The number of alkyl halides is 3. The molecule has 1 amide bonds. The fraction of sp³-hybridized carbons (Fsp3) is 0.733. The first-order valence-corrected chi connectivity index (χ1v) is 7.85. The van der Waals surface area contributed by atoms with Crippen molar-refractivity contribution in [2.24, 2.45) is 0 Å². The van der Waals surface area contributed by atoms with Gasteiger partial charge in [-0.05, 0) is 19.8 Å². The zero-order chi connectivity index (χ0) is 17.5. The van der Waals surface area contributed by atoms with Gasteiger partial charge in [0.1, 0.15) is 11.5 Å². The summed E-state index contributed by atoms with van der Waals surface area (Å²) in [5.41, 5.74) is -2.94. The highest BCUT2D eigenvalue weighted by Gasteiger charge is 2.57. The maximum atomic E-state index is 12.8.